The Morgan fingerprint density at radius 2 is 2.04 bits per heavy atom. The number of halogens is 1. The molecule has 25 heavy (non-hydrogen) atoms. The average Bonchev–Trinajstić information content (AvgIpc) is 2.57. The minimum atomic E-state index is -0.0561. The Morgan fingerprint density at radius 3 is 2.68 bits per heavy atom. The molecule has 3 N–H and O–H groups in total. The normalized spacial score (nSPS) is 10.8. The van der Waals surface area contributed by atoms with Gasteiger partial charge in [0, 0.05) is 31.7 Å². The van der Waals surface area contributed by atoms with Crippen LogP contribution in [0.15, 0.2) is 41.9 Å². The van der Waals surface area contributed by atoms with Crippen LogP contribution in [0.4, 0.5) is 0 Å². The van der Waals surface area contributed by atoms with E-state index < -0.39 is 0 Å². The van der Waals surface area contributed by atoms with Crippen molar-refractivity contribution in [1.82, 2.24) is 20.9 Å². The van der Waals surface area contributed by atoms with Crippen LogP contribution in [0.1, 0.15) is 22.8 Å². The Bertz CT molecular complexity index is 560. The molecule has 0 spiro atoms. The maximum absolute atomic E-state index is 12.2. The van der Waals surface area contributed by atoms with Gasteiger partial charge in [0.05, 0.1) is 6.54 Å². The van der Waals surface area contributed by atoms with Crippen molar-refractivity contribution in [2.24, 2.45) is 4.99 Å². The Labute approximate surface area is 168 Å². The van der Waals surface area contributed by atoms with Gasteiger partial charge in [-0.2, -0.15) is 0 Å². The molecule has 0 aromatic heterocycles. The van der Waals surface area contributed by atoms with E-state index in [1.807, 2.05) is 50.2 Å². The number of nitrogens with one attached hydrogen (secondary N) is 3. The molecule has 0 radical (unpaired) electrons. The van der Waals surface area contributed by atoms with Crippen LogP contribution in [0.25, 0.3) is 0 Å². The van der Waals surface area contributed by atoms with E-state index >= 15 is 0 Å². The minimum Gasteiger partial charge on any atom is -0.357 e. The molecule has 0 atom stereocenters. The molecule has 1 aromatic rings. The van der Waals surface area contributed by atoms with E-state index in [2.05, 4.69) is 27.5 Å². The summed E-state index contributed by atoms with van der Waals surface area (Å²) in [6.07, 6.45) is 1.78. The predicted octanol–water partition coefficient (Wildman–Crippen LogP) is 1.84. The SMILES string of the molecule is C=CCNC(=NCc1cccc(C(=O)NCCN(C)C)c1)NCC.I. The maximum Gasteiger partial charge on any atom is 0.251 e. The van der Waals surface area contributed by atoms with Crippen LogP contribution in [0, 0.1) is 0 Å². The molecule has 0 bridgehead atoms. The van der Waals surface area contributed by atoms with Crippen LogP contribution < -0.4 is 16.0 Å². The van der Waals surface area contributed by atoms with Crippen molar-refractivity contribution in [3.8, 4) is 0 Å². The van der Waals surface area contributed by atoms with Crippen molar-refractivity contribution in [3.63, 3.8) is 0 Å². The molecule has 1 amide bonds. The second-order valence-corrected chi connectivity index (χ2v) is 5.62. The molecule has 0 fully saturated rings. The summed E-state index contributed by atoms with van der Waals surface area (Å²) in [5, 5.41) is 9.24. The molecular formula is C18H30IN5O. The van der Waals surface area contributed by atoms with Gasteiger partial charge in [0.15, 0.2) is 5.96 Å². The zero-order valence-electron chi connectivity index (χ0n) is 15.3. The summed E-state index contributed by atoms with van der Waals surface area (Å²) in [4.78, 5) is 18.7. The summed E-state index contributed by atoms with van der Waals surface area (Å²) in [7, 11) is 3.96. The van der Waals surface area contributed by atoms with Crippen LogP contribution in [0.3, 0.4) is 0 Å². The zero-order chi connectivity index (χ0) is 17.8. The first kappa shape index (κ1) is 23.4. The highest BCUT2D eigenvalue weighted by molar-refractivity contribution is 14.0. The van der Waals surface area contributed by atoms with Gasteiger partial charge in [-0.3, -0.25) is 4.79 Å². The highest BCUT2D eigenvalue weighted by atomic mass is 127. The molecule has 140 valence electrons. The number of guanidine groups is 1. The Kier molecular flexibility index (Phi) is 12.8. The van der Waals surface area contributed by atoms with Crippen LogP contribution >= 0.6 is 24.0 Å². The number of carbonyl (C=O) groups excluding carboxylic acids is 1. The number of nitrogens with zero attached hydrogens (tertiary/aromatic N) is 2. The fourth-order valence-electron chi connectivity index (χ4n) is 1.99. The lowest BCUT2D eigenvalue weighted by Crippen LogP contribution is -2.37. The van der Waals surface area contributed by atoms with Gasteiger partial charge in [-0.15, -0.1) is 30.6 Å². The summed E-state index contributed by atoms with van der Waals surface area (Å²) in [6, 6.07) is 7.55. The van der Waals surface area contributed by atoms with Crippen LogP contribution in [-0.2, 0) is 6.54 Å². The molecule has 0 heterocycles. The number of benzene rings is 1. The van der Waals surface area contributed by atoms with Gasteiger partial charge in [0.2, 0.25) is 0 Å². The highest BCUT2D eigenvalue weighted by Crippen LogP contribution is 2.06. The second kappa shape index (κ2) is 13.7. The molecule has 0 aliphatic rings. The van der Waals surface area contributed by atoms with Gasteiger partial charge in [-0.25, -0.2) is 4.99 Å². The monoisotopic (exact) mass is 459 g/mol. The van der Waals surface area contributed by atoms with Crippen molar-refractivity contribution in [2.45, 2.75) is 13.5 Å². The van der Waals surface area contributed by atoms with Crippen molar-refractivity contribution < 1.29 is 4.79 Å². The molecule has 7 heteroatoms. The fourth-order valence-corrected chi connectivity index (χ4v) is 1.99. The van der Waals surface area contributed by atoms with E-state index in [-0.39, 0.29) is 29.9 Å². The summed E-state index contributed by atoms with van der Waals surface area (Å²) < 4.78 is 0. The highest BCUT2D eigenvalue weighted by Gasteiger charge is 2.06. The van der Waals surface area contributed by atoms with Crippen molar-refractivity contribution in [1.29, 1.82) is 0 Å². The largest absolute Gasteiger partial charge is 0.357 e. The lowest BCUT2D eigenvalue weighted by molar-refractivity contribution is 0.0951. The van der Waals surface area contributed by atoms with Crippen LogP contribution in [-0.4, -0.2) is 57.0 Å². The third-order valence-corrected chi connectivity index (χ3v) is 3.21. The van der Waals surface area contributed by atoms with Crippen molar-refractivity contribution in [2.75, 3.05) is 40.3 Å². The average molecular weight is 459 g/mol. The second-order valence-electron chi connectivity index (χ2n) is 5.62. The zero-order valence-corrected chi connectivity index (χ0v) is 17.7. The topological polar surface area (TPSA) is 68.8 Å². The number of rotatable bonds is 9. The number of aliphatic imine (C=N–C) groups is 1. The number of likely N-dealkylation sites (N-methyl/N-ethyl adjacent to an activating group) is 1. The summed E-state index contributed by atoms with van der Waals surface area (Å²) in [5.41, 5.74) is 1.65. The molecule has 1 rings (SSSR count). The summed E-state index contributed by atoms with van der Waals surface area (Å²) in [5.74, 6) is 0.678. The first-order valence-corrected chi connectivity index (χ1v) is 8.21. The third-order valence-electron chi connectivity index (χ3n) is 3.21. The summed E-state index contributed by atoms with van der Waals surface area (Å²) >= 11 is 0. The summed E-state index contributed by atoms with van der Waals surface area (Å²) in [6.45, 7) is 9.09. The van der Waals surface area contributed by atoms with E-state index in [0.29, 0.717) is 25.2 Å². The Hall–Kier alpha value is -1.61. The third kappa shape index (κ3) is 10.1. The van der Waals surface area contributed by atoms with Gasteiger partial charge < -0.3 is 20.9 Å². The smallest absolute Gasteiger partial charge is 0.251 e. The maximum atomic E-state index is 12.2. The molecular weight excluding hydrogens is 429 g/mol. The molecule has 1 aromatic carbocycles. The van der Waals surface area contributed by atoms with E-state index in [1.54, 1.807) is 6.08 Å². The van der Waals surface area contributed by atoms with E-state index in [9.17, 15) is 4.79 Å². The van der Waals surface area contributed by atoms with Crippen molar-refractivity contribution in [3.05, 3.63) is 48.0 Å². The Balaban J connectivity index is 0.00000576. The number of hydrogen-bond donors (Lipinski definition) is 3. The van der Waals surface area contributed by atoms with Crippen LogP contribution in [0.2, 0.25) is 0 Å². The molecule has 6 nitrogen and oxygen atoms in total. The van der Waals surface area contributed by atoms with Crippen molar-refractivity contribution >= 4 is 35.8 Å². The molecule has 0 saturated carbocycles. The first-order chi connectivity index (χ1) is 11.6. The standard InChI is InChI=1S/C18H29N5O.HI/c1-5-10-21-18(19-6-2)22-14-15-8-7-9-16(13-15)17(24)20-11-12-23(3)4;/h5,7-9,13H,1,6,10-12,14H2,2-4H3,(H,20,24)(H2,19,21,22);1H. The van der Waals surface area contributed by atoms with Gasteiger partial charge in [0.25, 0.3) is 5.91 Å². The van der Waals surface area contributed by atoms with Crippen LogP contribution in [0.5, 0.6) is 0 Å². The van der Waals surface area contributed by atoms with E-state index in [4.69, 9.17) is 0 Å². The number of hydrogen-bond acceptors (Lipinski definition) is 3. The number of carbonyl (C=O) groups is 1. The predicted molar refractivity (Wildman–Crippen MR) is 116 cm³/mol. The van der Waals surface area contributed by atoms with Gasteiger partial charge in [-0.05, 0) is 38.7 Å². The molecule has 0 unspecified atom stereocenters. The number of amides is 1. The first-order valence-electron chi connectivity index (χ1n) is 8.21. The molecule has 0 aliphatic carbocycles. The van der Waals surface area contributed by atoms with Gasteiger partial charge >= 0.3 is 0 Å². The minimum absolute atomic E-state index is 0. The lowest BCUT2D eigenvalue weighted by Gasteiger charge is -2.11. The fraction of sp³-hybridized carbons (Fsp3) is 0.444. The molecule has 0 aliphatic heterocycles. The quantitative estimate of drug-likeness (QED) is 0.228. The Morgan fingerprint density at radius 1 is 1.28 bits per heavy atom. The molecule has 0 saturated heterocycles. The van der Waals surface area contributed by atoms with Gasteiger partial charge in [-0.1, -0.05) is 18.2 Å². The van der Waals surface area contributed by atoms with E-state index in [1.165, 1.54) is 0 Å². The van der Waals surface area contributed by atoms with E-state index in [0.717, 1.165) is 24.6 Å². The lowest BCUT2D eigenvalue weighted by atomic mass is 10.1. The van der Waals surface area contributed by atoms with Gasteiger partial charge in [0.1, 0.15) is 0 Å².